The number of carbonyl (C=O) groups is 1. The summed E-state index contributed by atoms with van der Waals surface area (Å²) in [7, 11) is 0. The zero-order valence-electron chi connectivity index (χ0n) is 9.84. The summed E-state index contributed by atoms with van der Waals surface area (Å²) < 4.78 is 0.856. The van der Waals surface area contributed by atoms with Crippen molar-refractivity contribution in [3.63, 3.8) is 0 Å². The largest absolute Gasteiger partial charge is 0.507 e. The Hall–Kier alpha value is -1.53. The smallest absolute Gasteiger partial charge is 0.235 e. The standard InChI is InChI=1S/C13H11BrN2O2S/c14-9-5-6-12(15-7-9)16-13(18)8-19-11-4-2-1-3-10(11)17/h1-7,17H,8H2,(H,15,16,18). The monoisotopic (exact) mass is 338 g/mol. The first-order chi connectivity index (χ1) is 9.15. The van der Waals surface area contributed by atoms with Crippen LogP contribution in [0.3, 0.4) is 0 Å². The number of halogens is 1. The fourth-order valence-corrected chi connectivity index (χ4v) is 2.34. The molecule has 1 amide bonds. The van der Waals surface area contributed by atoms with Crippen LogP contribution in [0.2, 0.25) is 0 Å². The number of hydrogen-bond donors (Lipinski definition) is 2. The Balaban J connectivity index is 1.88. The molecule has 0 aliphatic heterocycles. The number of aromatic hydroxyl groups is 1. The summed E-state index contributed by atoms with van der Waals surface area (Å²) >= 11 is 4.55. The number of carbonyl (C=O) groups excluding carboxylic acids is 1. The number of anilines is 1. The van der Waals surface area contributed by atoms with Gasteiger partial charge in [-0.1, -0.05) is 12.1 Å². The quantitative estimate of drug-likeness (QED) is 0.840. The van der Waals surface area contributed by atoms with Crippen molar-refractivity contribution in [3.8, 4) is 5.75 Å². The van der Waals surface area contributed by atoms with E-state index < -0.39 is 0 Å². The van der Waals surface area contributed by atoms with Crippen LogP contribution in [0.25, 0.3) is 0 Å². The van der Waals surface area contributed by atoms with E-state index in [0.29, 0.717) is 10.7 Å². The van der Waals surface area contributed by atoms with Crippen LogP contribution in [0.4, 0.5) is 5.82 Å². The maximum absolute atomic E-state index is 11.7. The number of benzene rings is 1. The lowest BCUT2D eigenvalue weighted by Gasteiger charge is -2.05. The first kappa shape index (κ1) is 13.9. The number of hydrogen-bond acceptors (Lipinski definition) is 4. The van der Waals surface area contributed by atoms with Crippen molar-refractivity contribution >= 4 is 39.4 Å². The molecule has 2 aromatic rings. The summed E-state index contributed by atoms with van der Waals surface area (Å²) in [5, 5.41) is 12.3. The predicted molar refractivity (Wildman–Crippen MR) is 79.4 cm³/mol. The van der Waals surface area contributed by atoms with Gasteiger partial charge in [0.2, 0.25) is 5.91 Å². The highest BCUT2D eigenvalue weighted by Gasteiger charge is 2.06. The minimum absolute atomic E-state index is 0.164. The van der Waals surface area contributed by atoms with Crippen LogP contribution in [-0.2, 0) is 4.79 Å². The van der Waals surface area contributed by atoms with Gasteiger partial charge in [0, 0.05) is 15.6 Å². The topological polar surface area (TPSA) is 62.2 Å². The highest BCUT2D eigenvalue weighted by Crippen LogP contribution is 2.27. The zero-order valence-corrected chi connectivity index (χ0v) is 12.2. The number of rotatable bonds is 4. The van der Waals surface area contributed by atoms with Crippen LogP contribution in [0.1, 0.15) is 0 Å². The third kappa shape index (κ3) is 4.25. The van der Waals surface area contributed by atoms with E-state index in [1.54, 1.807) is 36.5 Å². The van der Waals surface area contributed by atoms with Gasteiger partial charge >= 0.3 is 0 Å². The van der Waals surface area contributed by atoms with Crippen LogP contribution in [0.5, 0.6) is 5.75 Å². The van der Waals surface area contributed by atoms with Gasteiger partial charge in [0.25, 0.3) is 0 Å². The Kier molecular flexibility index (Phi) is 4.81. The third-order valence-corrected chi connectivity index (χ3v) is 3.75. The van der Waals surface area contributed by atoms with E-state index in [0.717, 1.165) is 4.47 Å². The average Bonchev–Trinajstić information content (AvgIpc) is 2.40. The maximum Gasteiger partial charge on any atom is 0.235 e. The van der Waals surface area contributed by atoms with Gasteiger partial charge in [-0.15, -0.1) is 11.8 Å². The molecule has 2 N–H and O–H groups in total. The van der Waals surface area contributed by atoms with E-state index in [-0.39, 0.29) is 17.4 Å². The Labute approximate surface area is 123 Å². The predicted octanol–water partition coefficient (Wildman–Crippen LogP) is 3.28. The lowest BCUT2D eigenvalue weighted by molar-refractivity contribution is -0.113. The molecule has 1 aromatic carbocycles. The Bertz CT molecular complexity index is 575. The molecule has 1 heterocycles. The molecule has 0 aliphatic carbocycles. The van der Waals surface area contributed by atoms with Crippen molar-refractivity contribution in [1.29, 1.82) is 0 Å². The van der Waals surface area contributed by atoms with Gasteiger partial charge in [0.05, 0.1) is 5.75 Å². The molecule has 0 radical (unpaired) electrons. The minimum atomic E-state index is -0.164. The highest BCUT2D eigenvalue weighted by molar-refractivity contribution is 9.10. The maximum atomic E-state index is 11.7. The Morgan fingerprint density at radius 1 is 1.32 bits per heavy atom. The third-order valence-electron chi connectivity index (χ3n) is 2.22. The minimum Gasteiger partial charge on any atom is -0.507 e. The second-order valence-electron chi connectivity index (χ2n) is 3.67. The van der Waals surface area contributed by atoms with Gasteiger partial charge in [-0.05, 0) is 40.2 Å². The average molecular weight is 339 g/mol. The van der Waals surface area contributed by atoms with Crippen LogP contribution >= 0.6 is 27.7 Å². The molecule has 19 heavy (non-hydrogen) atoms. The van der Waals surface area contributed by atoms with E-state index in [9.17, 15) is 9.90 Å². The van der Waals surface area contributed by atoms with Crippen LogP contribution in [0.15, 0.2) is 52.0 Å². The second-order valence-corrected chi connectivity index (χ2v) is 5.60. The summed E-state index contributed by atoms with van der Waals surface area (Å²) in [6.45, 7) is 0. The molecule has 4 nitrogen and oxygen atoms in total. The van der Waals surface area contributed by atoms with E-state index in [1.165, 1.54) is 11.8 Å². The Morgan fingerprint density at radius 2 is 2.11 bits per heavy atom. The van der Waals surface area contributed by atoms with Crippen molar-refractivity contribution in [3.05, 3.63) is 47.1 Å². The molecule has 0 aliphatic rings. The summed E-state index contributed by atoms with van der Waals surface area (Å²) in [4.78, 5) is 16.5. The number of phenols is 1. The summed E-state index contributed by atoms with van der Waals surface area (Å²) in [6, 6.07) is 10.4. The lowest BCUT2D eigenvalue weighted by atomic mass is 10.3. The van der Waals surface area contributed by atoms with Gasteiger partial charge in [-0.25, -0.2) is 4.98 Å². The number of nitrogens with zero attached hydrogens (tertiary/aromatic N) is 1. The number of amides is 1. The highest BCUT2D eigenvalue weighted by atomic mass is 79.9. The fraction of sp³-hybridized carbons (Fsp3) is 0.0769. The van der Waals surface area contributed by atoms with Crippen LogP contribution in [-0.4, -0.2) is 21.8 Å². The number of para-hydroxylation sites is 1. The van der Waals surface area contributed by atoms with Gasteiger partial charge in [0.15, 0.2) is 0 Å². The molecule has 0 saturated heterocycles. The van der Waals surface area contributed by atoms with E-state index in [4.69, 9.17) is 0 Å². The molecule has 98 valence electrons. The summed E-state index contributed by atoms with van der Waals surface area (Å²) in [5.74, 6) is 0.742. The summed E-state index contributed by atoms with van der Waals surface area (Å²) in [6.07, 6.45) is 1.62. The lowest BCUT2D eigenvalue weighted by Crippen LogP contribution is -2.14. The van der Waals surface area contributed by atoms with Gasteiger partial charge in [-0.3, -0.25) is 4.79 Å². The van der Waals surface area contributed by atoms with E-state index in [2.05, 4.69) is 26.2 Å². The number of aromatic nitrogens is 1. The molecule has 0 saturated carbocycles. The number of nitrogens with one attached hydrogen (secondary N) is 1. The molecular weight excluding hydrogens is 328 g/mol. The zero-order chi connectivity index (χ0) is 13.7. The van der Waals surface area contributed by atoms with Crippen molar-refractivity contribution in [2.24, 2.45) is 0 Å². The van der Waals surface area contributed by atoms with Crippen molar-refractivity contribution in [1.82, 2.24) is 4.98 Å². The Morgan fingerprint density at radius 3 is 2.79 bits per heavy atom. The molecular formula is C13H11BrN2O2S. The first-order valence-electron chi connectivity index (χ1n) is 5.47. The second kappa shape index (κ2) is 6.58. The molecule has 0 spiro atoms. The van der Waals surface area contributed by atoms with E-state index >= 15 is 0 Å². The van der Waals surface area contributed by atoms with Crippen LogP contribution < -0.4 is 5.32 Å². The SMILES string of the molecule is O=C(CSc1ccccc1O)Nc1ccc(Br)cn1. The number of thioether (sulfide) groups is 1. The molecule has 0 unspecified atom stereocenters. The van der Waals surface area contributed by atoms with Gasteiger partial charge < -0.3 is 10.4 Å². The molecule has 0 fully saturated rings. The van der Waals surface area contributed by atoms with Gasteiger partial charge in [-0.2, -0.15) is 0 Å². The van der Waals surface area contributed by atoms with Crippen molar-refractivity contribution in [2.75, 3.05) is 11.1 Å². The molecule has 2 rings (SSSR count). The fourth-order valence-electron chi connectivity index (χ4n) is 1.35. The number of pyridine rings is 1. The first-order valence-corrected chi connectivity index (χ1v) is 7.25. The number of phenolic OH excluding ortho intramolecular Hbond substituents is 1. The van der Waals surface area contributed by atoms with Gasteiger partial charge in [0.1, 0.15) is 11.6 Å². The summed E-state index contributed by atoms with van der Waals surface area (Å²) in [5.41, 5.74) is 0. The molecule has 0 atom stereocenters. The van der Waals surface area contributed by atoms with Crippen molar-refractivity contribution < 1.29 is 9.90 Å². The molecule has 0 bridgehead atoms. The van der Waals surface area contributed by atoms with E-state index in [1.807, 2.05) is 6.07 Å². The molecule has 1 aromatic heterocycles. The normalized spacial score (nSPS) is 10.2. The molecule has 6 heteroatoms. The van der Waals surface area contributed by atoms with Crippen molar-refractivity contribution in [2.45, 2.75) is 4.90 Å². The van der Waals surface area contributed by atoms with Crippen LogP contribution in [0, 0.1) is 0 Å².